The van der Waals surface area contributed by atoms with Crippen molar-refractivity contribution in [1.82, 2.24) is 9.97 Å². The van der Waals surface area contributed by atoms with Crippen LogP contribution >= 0.6 is 0 Å². The summed E-state index contributed by atoms with van der Waals surface area (Å²) in [6.07, 6.45) is 7.68. The van der Waals surface area contributed by atoms with Gasteiger partial charge in [-0.15, -0.1) is 0 Å². The van der Waals surface area contributed by atoms with Gasteiger partial charge in [-0.3, -0.25) is 0 Å². The van der Waals surface area contributed by atoms with Crippen LogP contribution in [-0.4, -0.2) is 23.2 Å². The highest BCUT2D eigenvalue weighted by Gasteiger charge is 2.23. The van der Waals surface area contributed by atoms with Crippen LogP contribution < -0.4 is 0 Å². The largest absolute Gasteiger partial charge is 0.372 e. The Labute approximate surface area is 101 Å². The van der Waals surface area contributed by atoms with Gasteiger partial charge in [-0.25, -0.2) is 9.97 Å². The molecule has 2 saturated heterocycles. The Hall–Kier alpha value is -1.00. The second-order valence-corrected chi connectivity index (χ2v) is 4.70. The van der Waals surface area contributed by atoms with E-state index in [1.807, 2.05) is 12.3 Å². The topological polar surface area (TPSA) is 44.2 Å². The van der Waals surface area contributed by atoms with Gasteiger partial charge in [0.05, 0.1) is 11.8 Å². The molecule has 0 N–H and O–H groups in total. The highest BCUT2D eigenvalue weighted by molar-refractivity contribution is 5.08. The maximum Gasteiger partial charge on any atom is 0.157 e. The fourth-order valence-corrected chi connectivity index (χ4v) is 2.48. The Morgan fingerprint density at radius 2 is 1.82 bits per heavy atom. The van der Waals surface area contributed by atoms with Crippen molar-refractivity contribution in [2.24, 2.45) is 0 Å². The minimum absolute atomic E-state index is 0.0881. The Morgan fingerprint density at radius 3 is 2.59 bits per heavy atom. The quantitative estimate of drug-likeness (QED) is 0.789. The first kappa shape index (κ1) is 11.1. The Balaban J connectivity index is 1.77. The van der Waals surface area contributed by atoms with Gasteiger partial charge >= 0.3 is 0 Å². The third kappa shape index (κ3) is 2.48. The zero-order chi connectivity index (χ0) is 11.5. The normalized spacial score (nSPS) is 29.4. The molecule has 0 bridgehead atoms. The molecule has 4 heteroatoms. The van der Waals surface area contributed by atoms with E-state index < -0.39 is 0 Å². The van der Waals surface area contributed by atoms with Gasteiger partial charge in [0.2, 0.25) is 0 Å². The first-order chi connectivity index (χ1) is 8.43. The summed E-state index contributed by atoms with van der Waals surface area (Å²) in [5, 5.41) is 0. The van der Waals surface area contributed by atoms with E-state index in [1.54, 1.807) is 0 Å². The molecule has 2 atom stereocenters. The summed E-state index contributed by atoms with van der Waals surface area (Å²) in [7, 11) is 0. The summed E-state index contributed by atoms with van der Waals surface area (Å²) >= 11 is 0. The Kier molecular flexibility index (Phi) is 3.34. The van der Waals surface area contributed by atoms with E-state index in [9.17, 15) is 0 Å². The summed E-state index contributed by atoms with van der Waals surface area (Å²) in [6.45, 7) is 1.68. The van der Waals surface area contributed by atoms with E-state index in [0.29, 0.717) is 0 Å². The van der Waals surface area contributed by atoms with Crippen molar-refractivity contribution in [3.05, 3.63) is 23.8 Å². The second kappa shape index (κ2) is 5.10. The smallest absolute Gasteiger partial charge is 0.157 e. The number of nitrogens with zero attached hydrogens (tertiary/aromatic N) is 2. The number of aromatic nitrogens is 2. The molecule has 0 aromatic carbocycles. The number of ether oxygens (including phenoxy) is 2. The maximum absolute atomic E-state index is 5.72. The average molecular weight is 234 g/mol. The molecular weight excluding hydrogens is 216 g/mol. The first-order valence-electron chi connectivity index (χ1n) is 6.49. The number of hydrogen-bond donors (Lipinski definition) is 0. The van der Waals surface area contributed by atoms with Crippen molar-refractivity contribution in [3.8, 4) is 0 Å². The number of rotatable bonds is 2. The standard InChI is InChI=1S/C13H18N2O2/c1-2-8-17-12(4-1)13-14-7-6-10(15-13)11-5-3-9-16-11/h6-7,11-12H,1-5,8-9H2. The molecule has 0 spiro atoms. The maximum atomic E-state index is 5.72. The van der Waals surface area contributed by atoms with Crippen LogP contribution in [0.4, 0.5) is 0 Å². The van der Waals surface area contributed by atoms with Crippen molar-refractivity contribution in [1.29, 1.82) is 0 Å². The third-order valence-corrected chi connectivity index (χ3v) is 3.42. The first-order valence-corrected chi connectivity index (χ1v) is 6.49. The molecule has 0 amide bonds. The van der Waals surface area contributed by atoms with Crippen LogP contribution in [0.5, 0.6) is 0 Å². The van der Waals surface area contributed by atoms with Crippen LogP contribution in [0, 0.1) is 0 Å². The number of hydrogen-bond acceptors (Lipinski definition) is 4. The molecule has 0 radical (unpaired) electrons. The fourth-order valence-electron chi connectivity index (χ4n) is 2.48. The van der Waals surface area contributed by atoms with Crippen molar-refractivity contribution in [2.45, 2.75) is 44.3 Å². The molecule has 3 rings (SSSR count). The fraction of sp³-hybridized carbons (Fsp3) is 0.692. The molecule has 17 heavy (non-hydrogen) atoms. The van der Waals surface area contributed by atoms with Gasteiger partial charge in [0.15, 0.2) is 5.82 Å². The van der Waals surface area contributed by atoms with Gasteiger partial charge in [0, 0.05) is 19.4 Å². The summed E-state index contributed by atoms with van der Waals surface area (Å²) in [6, 6.07) is 1.96. The van der Waals surface area contributed by atoms with Crippen molar-refractivity contribution >= 4 is 0 Å². The van der Waals surface area contributed by atoms with Crippen LogP contribution in [-0.2, 0) is 9.47 Å². The molecule has 4 nitrogen and oxygen atoms in total. The predicted octanol–water partition coefficient (Wildman–Crippen LogP) is 2.57. The van der Waals surface area contributed by atoms with E-state index in [-0.39, 0.29) is 12.2 Å². The highest BCUT2D eigenvalue weighted by atomic mass is 16.5. The highest BCUT2D eigenvalue weighted by Crippen LogP contribution is 2.29. The van der Waals surface area contributed by atoms with Gasteiger partial charge in [0.1, 0.15) is 6.10 Å². The Bertz CT molecular complexity index is 371. The SMILES string of the molecule is c1cc(C2CCCO2)nc(C2CCCCO2)n1. The molecule has 0 saturated carbocycles. The van der Waals surface area contributed by atoms with Crippen LogP contribution in [0.1, 0.15) is 55.8 Å². The summed E-state index contributed by atoms with van der Waals surface area (Å²) in [4.78, 5) is 8.96. The van der Waals surface area contributed by atoms with Crippen LogP contribution in [0.3, 0.4) is 0 Å². The van der Waals surface area contributed by atoms with E-state index in [0.717, 1.165) is 50.4 Å². The molecular formula is C13H18N2O2. The van der Waals surface area contributed by atoms with Crippen LogP contribution in [0.25, 0.3) is 0 Å². The van der Waals surface area contributed by atoms with Gasteiger partial charge in [0.25, 0.3) is 0 Å². The molecule has 2 aliphatic heterocycles. The lowest BCUT2D eigenvalue weighted by molar-refractivity contribution is 0.00882. The predicted molar refractivity (Wildman–Crippen MR) is 62.5 cm³/mol. The van der Waals surface area contributed by atoms with Crippen molar-refractivity contribution < 1.29 is 9.47 Å². The molecule has 2 unspecified atom stereocenters. The lowest BCUT2D eigenvalue weighted by Gasteiger charge is -2.21. The summed E-state index contributed by atoms with van der Waals surface area (Å²) in [5.74, 6) is 0.831. The van der Waals surface area contributed by atoms with E-state index in [4.69, 9.17) is 9.47 Å². The molecule has 3 heterocycles. The van der Waals surface area contributed by atoms with Crippen LogP contribution in [0.15, 0.2) is 12.3 Å². The van der Waals surface area contributed by atoms with E-state index in [1.165, 1.54) is 6.42 Å². The van der Waals surface area contributed by atoms with Crippen LogP contribution in [0.2, 0.25) is 0 Å². The van der Waals surface area contributed by atoms with E-state index in [2.05, 4.69) is 9.97 Å². The monoisotopic (exact) mass is 234 g/mol. The minimum Gasteiger partial charge on any atom is -0.372 e. The zero-order valence-corrected chi connectivity index (χ0v) is 9.97. The molecule has 1 aromatic rings. The minimum atomic E-state index is 0.0881. The van der Waals surface area contributed by atoms with Gasteiger partial charge in [-0.05, 0) is 38.2 Å². The van der Waals surface area contributed by atoms with E-state index >= 15 is 0 Å². The summed E-state index contributed by atoms with van der Waals surface area (Å²) in [5.41, 5.74) is 1.02. The lowest BCUT2D eigenvalue weighted by atomic mass is 10.1. The average Bonchev–Trinajstić information content (AvgIpc) is 2.94. The molecule has 0 aliphatic carbocycles. The van der Waals surface area contributed by atoms with Gasteiger partial charge < -0.3 is 9.47 Å². The zero-order valence-electron chi connectivity index (χ0n) is 9.97. The lowest BCUT2D eigenvalue weighted by Crippen LogP contribution is -2.15. The second-order valence-electron chi connectivity index (χ2n) is 4.70. The molecule has 2 aliphatic rings. The third-order valence-electron chi connectivity index (χ3n) is 3.42. The Morgan fingerprint density at radius 1 is 1.00 bits per heavy atom. The molecule has 1 aromatic heterocycles. The van der Waals surface area contributed by atoms with Crippen molar-refractivity contribution in [3.63, 3.8) is 0 Å². The van der Waals surface area contributed by atoms with Gasteiger partial charge in [-0.1, -0.05) is 0 Å². The van der Waals surface area contributed by atoms with Crippen molar-refractivity contribution in [2.75, 3.05) is 13.2 Å². The molecule has 92 valence electrons. The van der Waals surface area contributed by atoms with Gasteiger partial charge in [-0.2, -0.15) is 0 Å². The molecule has 2 fully saturated rings. The summed E-state index contributed by atoms with van der Waals surface area (Å²) < 4.78 is 11.4.